The van der Waals surface area contributed by atoms with E-state index in [1.807, 2.05) is 0 Å². The number of methoxy groups -OCH3 is 1. The van der Waals surface area contributed by atoms with Crippen molar-refractivity contribution in [1.82, 2.24) is 0 Å². The molecule has 2 rings (SSSR count). The van der Waals surface area contributed by atoms with Crippen molar-refractivity contribution in [2.24, 2.45) is 0 Å². The number of hydrogen-bond donors (Lipinski definition) is 0. The molecule has 0 N–H and O–H groups in total. The maximum absolute atomic E-state index is 13.4. The topological polar surface area (TPSA) is 26.3 Å². The Kier molecular flexibility index (Phi) is 2.31. The molecule has 1 aliphatic rings. The number of Topliss-reactive ketones (excluding diaryl/α,β-unsaturated/α-hetero) is 1. The minimum Gasteiger partial charge on any atom is -0.493 e. The van der Waals surface area contributed by atoms with Gasteiger partial charge in [0.05, 0.1) is 12.7 Å². The van der Waals surface area contributed by atoms with E-state index in [0.717, 1.165) is 5.56 Å². The number of ether oxygens (including phenoxy) is 1. The predicted octanol–water partition coefficient (Wildman–Crippen LogP) is 2.73. The summed E-state index contributed by atoms with van der Waals surface area (Å²) in [4.78, 5) is 11.5. The number of fused-ring (bicyclic) bond motifs is 1. The van der Waals surface area contributed by atoms with Gasteiger partial charge in [-0.1, -0.05) is 15.9 Å². The molecule has 0 atom stereocenters. The Balaban J connectivity index is 2.74. The minimum atomic E-state index is -0.492. The molecule has 14 heavy (non-hydrogen) atoms. The van der Waals surface area contributed by atoms with Crippen molar-refractivity contribution in [3.05, 3.63) is 27.5 Å². The second kappa shape index (κ2) is 3.35. The van der Waals surface area contributed by atoms with Crippen LogP contribution < -0.4 is 4.74 Å². The smallest absolute Gasteiger partial charge is 0.167 e. The van der Waals surface area contributed by atoms with Crippen LogP contribution in [0, 0.1) is 5.82 Å². The average molecular weight is 259 g/mol. The highest BCUT2D eigenvalue weighted by Crippen LogP contribution is 2.37. The van der Waals surface area contributed by atoms with Crippen molar-refractivity contribution in [2.75, 3.05) is 7.11 Å². The van der Waals surface area contributed by atoms with Crippen LogP contribution in [0.1, 0.15) is 22.3 Å². The average Bonchev–Trinajstić information content (AvgIpc) is 2.50. The van der Waals surface area contributed by atoms with E-state index in [9.17, 15) is 9.18 Å². The normalized spacial score (nSPS) is 14.4. The molecule has 2 nitrogen and oxygen atoms in total. The standard InChI is InChI=1S/C10H8BrFO2/c1-14-10-7(12)4-6(11)5-2-3-8(13)9(5)10/h4H,2-3H2,1H3. The SMILES string of the molecule is COc1c(F)cc(Br)c2c1C(=O)CC2. The van der Waals surface area contributed by atoms with Gasteiger partial charge < -0.3 is 4.74 Å². The molecule has 0 aliphatic heterocycles. The molecule has 0 spiro atoms. The van der Waals surface area contributed by atoms with E-state index in [1.165, 1.54) is 13.2 Å². The van der Waals surface area contributed by atoms with Gasteiger partial charge in [0.15, 0.2) is 17.3 Å². The van der Waals surface area contributed by atoms with Gasteiger partial charge in [0.2, 0.25) is 0 Å². The Labute approximate surface area is 89.2 Å². The van der Waals surface area contributed by atoms with E-state index in [4.69, 9.17) is 4.74 Å². The fourth-order valence-electron chi connectivity index (χ4n) is 1.74. The fraction of sp³-hybridized carbons (Fsp3) is 0.300. The fourth-order valence-corrected chi connectivity index (χ4v) is 2.34. The molecule has 0 heterocycles. The third-order valence-corrected chi connectivity index (χ3v) is 3.08. The third kappa shape index (κ3) is 1.25. The summed E-state index contributed by atoms with van der Waals surface area (Å²) in [5.41, 5.74) is 1.26. The van der Waals surface area contributed by atoms with Crippen LogP contribution in [-0.2, 0) is 6.42 Å². The molecule has 0 saturated heterocycles. The first-order valence-electron chi connectivity index (χ1n) is 4.23. The molecule has 0 amide bonds. The van der Waals surface area contributed by atoms with E-state index in [1.54, 1.807) is 0 Å². The van der Waals surface area contributed by atoms with Crippen LogP contribution in [0.3, 0.4) is 0 Å². The van der Waals surface area contributed by atoms with Crippen molar-refractivity contribution in [1.29, 1.82) is 0 Å². The number of rotatable bonds is 1. The van der Waals surface area contributed by atoms with Crippen molar-refractivity contribution in [2.45, 2.75) is 12.8 Å². The van der Waals surface area contributed by atoms with Gasteiger partial charge in [-0.25, -0.2) is 4.39 Å². The highest BCUT2D eigenvalue weighted by atomic mass is 79.9. The van der Waals surface area contributed by atoms with Gasteiger partial charge in [-0.2, -0.15) is 0 Å². The largest absolute Gasteiger partial charge is 0.493 e. The van der Waals surface area contributed by atoms with Crippen LogP contribution >= 0.6 is 15.9 Å². The molecule has 74 valence electrons. The monoisotopic (exact) mass is 258 g/mol. The number of carbonyl (C=O) groups excluding carboxylic acids is 1. The highest BCUT2D eigenvalue weighted by molar-refractivity contribution is 9.10. The van der Waals surface area contributed by atoms with Gasteiger partial charge in [0, 0.05) is 10.9 Å². The second-order valence-corrected chi connectivity index (χ2v) is 4.00. The van der Waals surface area contributed by atoms with E-state index in [2.05, 4.69) is 15.9 Å². The van der Waals surface area contributed by atoms with Crippen LogP contribution in [0.15, 0.2) is 10.5 Å². The molecule has 0 unspecified atom stereocenters. The molecular weight excluding hydrogens is 251 g/mol. The zero-order valence-corrected chi connectivity index (χ0v) is 9.15. The van der Waals surface area contributed by atoms with Crippen molar-refractivity contribution in [3.63, 3.8) is 0 Å². The summed E-state index contributed by atoms with van der Waals surface area (Å²) in [5.74, 6) is -0.462. The summed E-state index contributed by atoms with van der Waals surface area (Å²) in [6.07, 6.45) is 1.10. The van der Waals surface area contributed by atoms with Crippen LogP contribution in [-0.4, -0.2) is 12.9 Å². The molecule has 1 aromatic rings. The lowest BCUT2D eigenvalue weighted by molar-refractivity contribution is 0.0991. The molecular formula is C10H8BrFO2. The summed E-state index contributed by atoms with van der Waals surface area (Å²) >= 11 is 3.24. The summed E-state index contributed by atoms with van der Waals surface area (Å²) in [6.45, 7) is 0. The Bertz CT molecular complexity index is 415. The minimum absolute atomic E-state index is 0.0444. The first kappa shape index (κ1) is 9.65. The van der Waals surface area contributed by atoms with E-state index < -0.39 is 5.82 Å². The lowest BCUT2D eigenvalue weighted by Gasteiger charge is -2.08. The number of ketones is 1. The van der Waals surface area contributed by atoms with Gasteiger partial charge in [-0.15, -0.1) is 0 Å². The van der Waals surface area contributed by atoms with Gasteiger partial charge in [0.25, 0.3) is 0 Å². The maximum Gasteiger partial charge on any atom is 0.167 e. The molecule has 1 aliphatic carbocycles. The molecule has 4 heteroatoms. The molecule has 1 aromatic carbocycles. The third-order valence-electron chi connectivity index (χ3n) is 2.37. The zero-order valence-electron chi connectivity index (χ0n) is 7.56. The molecule has 0 radical (unpaired) electrons. The number of halogens is 2. The van der Waals surface area contributed by atoms with Gasteiger partial charge in [0.1, 0.15) is 0 Å². The quantitative estimate of drug-likeness (QED) is 0.775. The van der Waals surface area contributed by atoms with Crippen molar-refractivity contribution in [3.8, 4) is 5.75 Å². The Morgan fingerprint density at radius 2 is 2.21 bits per heavy atom. The Morgan fingerprint density at radius 3 is 2.86 bits per heavy atom. The van der Waals surface area contributed by atoms with E-state index in [-0.39, 0.29) is 11.5 Å². The highest BCUT2D eigenvalue weighted by Gasteiger charge is 2.28. The van der Waals surface area contributed by atoms with Gasteiger partial charge in [-0.05, 0) is 18.1 Å². The van der Waals surface area contributed by atoms with Crippen LogP contribution in [0.5, 0.6) is 5.75 Å². The van der Waals surface area contributed by atoms with E-state index in [0.29, 0.717) is 22.9 Å². The van der Waals surface area contributed by atoms with Gasteiger partial charge in [-0.3, -0.25) is 4.79 Å². The number of hydrogen-bond acceptors (Lipinski definition) is 2. The summed E-state index contributed by atoms with van der Waals surface area (Å²) in [5, 5.41) is 0. The molecule has 0 saturated carbocycles. The van der Waals surface area contributed by atoms with E-state index >= 15 is 0 Å². The first-order valence-corrected chi connectivity index (χ1v) is 5.02. The maximum atomic E-state index is 13.4. The first-order chi connectivity index (χ1) is 6.65. The molecule has 0 bridgehead atoms. The Hall–Kier alpha value is -0.900. The van der Waals surface area contributed by atoms with Crippen LogP contribution in [0.4, 0.5) is 4.39 Å². The van der Waals surface area contributed by atoms with Crippen molar-refractivity contribution < 1.29 is 13.9 Å². The van der Waals surface area contributed by atoms with Crippen molar-refractivity contribution >= 4 is 21.7 Å². The Morgan fingerprint density at radius 1 is 1.50 bits per heavy atom. The van der Waals surface area contributed by atoms with Gasteiger partial charge >= 0.3 is 0 Å². The zero-order chi connectivity index (χ0) is 10.3. The lowest BCUT2D eigenvalue weighted by Crippen LogP contribution is -2.00. The summed E-state index contributed by atoms with van der Waals surface area (Å²) in [6, 6.07) is 1.34. The predicted molar refractivity (Wildman–Crippen MR) is 53.3 cm³/mol. The summed E-state index contributed by atoms with van der Waals surface area (Å²) in [7, 11) is 1.37. The number of benzene rings is 1. The molecule has 0 fully saturated rings. The number of carbonyl (C=O) groups is 1. The van der Waals surface area contributed by atoms with Crippen LogP contribution in [0.2, 0.25) is 0 Å². The second-order valence-electron chi connectivity index (χ2n) is 3.15. The molecule has 0 aromatic heterocycles. The van der Waals surface area contributed by atoms with Crippen LogP contribution in [0.25, 0.3) is 0 Å². The lowest BCUT2D eigenvalue weighted by atomic mass is 10.1. The summed E-state index contributed by atoms with van der Waals surface area (Å²) < 4.78 is 18.9.